The minimum atomic E-state index is -4.00. The molecule has 0 aliphatic rings. The van der Waals surface area contributed by atoms with E-state index < -0.39 is 52.4 Å². The topological polar surface area (TPSA) is 132 Å². The number of halogens is 2. The first-order valence-corrected chi connectivity index (χ1v) is 9.76. The second-order valence-electron chi connectivity index (χ2n) is 3.77. The molecule has 1 rings (SSSR count). The number of hydrogen-bond acceptors (Lipinski definition) is 6. The van der Waals surface area contributed by atoms with E-state index in [0.717, 1.165) is 0 Å². The molecule has 0 aliphatic heterocycles. The molecule has 0 amide bonds. The van der Waals surface area contributed by atoms with E-state index in [4.69, 9.17) is 33.7 Å². The van der Waals surface area contributed by atoms with Gasteiger partial charge < -0.3 is 4.98 Å². The number of H-pyrrole nitrogens is 1. The number of nitrogens with one attached hydrogen (secondary N) is 1. The Morgan fingerprint density at radius 3 is 1.43 bits per heavy atom. The number of sulfone groups is 2. The van der Waals surface area contributed by atoms with Crippen molar-refractivity contribution in [3.05, 3.63) is 11.1 Å². The molecular formula is C10H9Cl2N3O4S2. The molecule has 1 heterocycles. The van der Waals surface area contributed by atoms with E-state index in [1.165, 1.54) is 0 Å². The van der Waals surface area contributed by atoms with Crippen LogP contribution in [0.5, 0.6) is 0 Å². The molecule has 0 radical (unpaired) electrons. The van der Waals surface area contributed by atoms with Crippen molar-refractivity contribution in [1.82, 2.24) is 4.98 Å². The average Bonchev–Trinajstić information content (AvgIpc) is 2.78. The highest BCUT2D eigenvalue weighted by Crippen LogP contribution is 2.27. The van der Waals surface area contributed by atoms with Crippen LogP contribution in [-0.4, -0.2) is 45.1 Å². The molecule has 1 aromatic heterocycles. The average molecular weight is 370 g/mol. The van der Waals surface area contributed by atoms with E-state index >= 15 is 0 Å². The van der Waals surface area contributed by atoms with E-state index in [-0.39, 0.29) is 11.8 Å². The zero-order valence-corrected chi connectivity index (χ0v) is 13.6. The van der Waals surface area contributed by atoms with E-state index in [0.29, 0.717) is 0 Å². The Labute approximate surface area is 131 Å². The molecule has 1 N–H and O–H groups in total. The molecule has 1 aromatic rings. The lowest BCUT2D eigenvalue weighted by molar-refractivity contribution is 0.589. The second-order valence-corrected chi connectivity index (χ2v) is 8.62. The van der Waals surface area contributed by atoms with Gasteiger partial charge in [0.25, 0.3) is 0 Å². The van der Waals surface area contributed by atoms with Gasteiger partial charge in [0.15, 0.2) is 29.7 Å². The van der Waals surface area contributed by atoms with Gasteiger partial charge in [0.2, 0.25) is 0 Å². The van der Waals surface area contributed by atoms with Gasteiger partial charge in [0.1, 0.15) is 23.3 Å². The maximum atomic E-state index is 12.0. The predicted octanol–water partition coefficient (Wildman–Crippen LogP) is 0.783. The van der Waals surface area contributed by atoms with Crippen LogP contribution < -0.4 is 0 Å². The lowest BCUT2D eigenvalue weighted by Crippen LogP contribution is -2.12. The molecular weight excluding hydrogens is 361 g/mol. The van der Waals surface area contributed by atoms with Crippen molar-refractivity contribution in [1.29, 1.82) is 10.5 Å². The highest BCUT2D eigenvalue weighted by molar-refractivity contribution is 7.92. The van der Waals surface area contributed by atoms with Gasteiger partial charge in [-0.1, -0.05) is 0 Å². The minimum Gasteiger partial charge on any atom is -0.335 e. The Bertz CT molecular complexity index is 760. The molecule has 114 valence electrons. The summed E-state index contributed by atoms with van der Waals surface area (Å²) in [7, 11) is -8.00. The first kappa shape index (κ1) is 17.8. The van der Waals surface area contributed by atoms with Gasteiger partial charge in [-0.05, 0) is 0 Å². The van der Waals surface area contributed by atoms with E-state index in [1.807, 2.05) is 0 Å². The van der Waals surface area contributed by atoms with Gasteiger partial charge in [-0.2, -0.15) is 10.5 Å². The zero-order valence-electron chi connectivity index (χ0n) is 10.4. The van der Waals surface area contributed by atoms with Crippen molar-refractivity contribution >= 4 is 42.9 Å². The van der Waals surface area contributed by atoms with Crippen molar-refractivity contribution in [2.75, 3.05) is 23.3 Å². The van der Waals surface area contributed by atoms with Gasteiger partial charge in [-0.15, -0.1) is 23.2 Å². The molecule has 11 heteroatoms. The summed E-state index contributed by atoms with van der Waals surface area (Å²) in [5, 5.41) is 16.8. The summed E-state index contributed by atoms with van der Waals surface area (Å²) in [6.45, 7) is 0. The third-order valence-electron chi connectivity index (χ3n) is 2.47. The van der Waals surface area contributed by atoms with Crippen LogP contribution >= 0.6 is 23.2 Å². The molecule has 0 fully saturated rings. The van der Waals surface area contributed by atoms with Crippen LogP contribution in [0.25, 0.3) is 0 Å². The monoisotopic (exact) mass is 369 g/mol. The zero-order chi connectivity index (χ0) is 16.3. The van der Waals surface area contributed by atoms with Gasteiger partial charge in [-0.3, -0.25) is 0 Å². The SMILES string of the molecule is N#Cc1c(S(=O)(=O)CCCl)[nH]c(S(=O)(=O)CCCl)c1C#N. The third kappa shape index (κ3) is 3.50. The Morgan fingerprint density at radius 2 is 1.19 bits per heavy atom. The van der Waals surface area contributed by atoms with E-state index in [2.05, 4.69) is 4.98 Å². The summed E-state index contributed by atoms with van der Waals surface area (Å²) in [6.07, 6.45) is 0. The molecule has 0 atom stereocenters. The fourth-order valence-electron chi connectivity index (χ4n) is 1.54. The number of aromatic amines is 1. The molecule has 0 bridgehead atoms. The Balaban J connectivity index is 3.72. The van der Waals surface area contributed by atoms with Gasteiger partial charge in [-0.25, -0.2) is 16.8 Å². The lowest BCUT2D eigenvalue weighted by atomic mass is 10.2. The number of nitrogens with zero attached hydrogens (tertiary/aromatic N) is 2. The highest BCUT2D eigenvalue weighted by Gasteiger charge is 2.31. The summed E-state index contributed by atoms with van der Waals surface area (Å²) in [4.78, 5) is 2.16. The van der Waals surface area contributed by atoms with Crippen molar-refractivity contribution in [3.63, 3.8) is 0 Å². The largest absolute Gasteiger partial charge is 0.335 e. The number of hydrogen-bond donors (Lipinski definition) is 1. The van der Waals surface area contributed by atoms with Gasteiger partial charge in [0.05, 0.1) is 11.5 Å². The predicted molar refractivity (Wildman–Crippen MR) is 75.8 cm³/mol. The summed E-state index contributed by atoms with van der Waals surface area (Å²) >= 11 is 10.7. The van der Waals surface area contributed by atoms with E-state index in [9.17, 15) is 16.8 Å². The summed E-state index contributed by atoms with van der Waals surface area (Å²) < 4.78 is 47.9. The molecule has 0 saturated heterocycles. The molecule has 21 heavy (non-hydrogen) atoms. The Hall–Kier alpha value is -1.26. The Kier molecular flexibility index (Phi) is 5.65. The Morgan fingerprint density at radius 1 is 0.857 bits per heavy atom. The third-order valence-corrected chi connectivity index (χ3v) is 6.63. The highest BCUT2D eigenvalue weighted by atomic mass is 35.5. The number of alkyl halides is 2. The minimum absolute atomic E-state index is 0.238. The van der Waals surface area contributed by atoms with Crippen LogP contribution in [0, 0.1) is 22.7 Å². The van der Waals surface area contributed by atoms with Crippen LogP contribution in [0.4, 0.5) is 0 Å². The summed E-state index contributed by atoms with van der Waals surface area (Å²) in [6, 6.07) is 3.08. The quantitative estimate of drug-likeness (QED) is 0.736. The maximum Gasteiger partial charge on any atom is 0.196 e. The molecule has 0 aliphatic carbocycles. The standard InChI is InChI=1S/C10H9Cl2N3O4S2/c11-1-3-20(16,17)9-7(5-13)8(6-14)10(15-9)21(18,19)4-2-12/h15H,1-4H2. The van der Waals surface area contributed by atoms with E-state index in [1.54, 1.807) is 12.1 Å². The van der Waals surface area contributed by atoms with Crippen LogP contribution in [0.15, 0.2) is 10.1 Å². The van der Waals surface area contributed by atoms with Crippen molar-refractivity contribution < 1.29 is 16.8 Å². The number of rotatable bonds is 6. The first-order valence-electron chi connectivity index (χ1n) is 5.38. The van der Waals surface area contributed by atoms with Gasteiger partial charge in [0, 0.05) is 11.8 Å². The second kappa shape index (κ2) is 6.67. The molecule has 0 aromatic carbocycles. The normalized spacial score (nSPS) is 11.8. The summed E-state index contributed by atoms with van der Waals surface area (Å²) in [5.41, 5.74) is -1.06. The van der Waals surface area contributed by atoms with Crippen molar-refractivity contribution in [2.45, 2.75) is 10.1 Å². The summed E-state index contributed by atoms with van der Waals surface area (Å²) in [5.74, 6) is -1.47. The number of nitriles is 2. The van der Waals surface area contributed by atoms with Crippen molar-refractivity contribution in [2.24, 2.45) is 0 Å². The molecule has 0 spiro atoms. The fourth-order valence-corrected chi connectivity index (χ4v) is 5.07. The first-order chi connectivity index (χ1) is 9.75. The van der Waals surface area contributed by atoms with Crippen LogP contribution in [0.1, 0.15) is 11.1 Å². The number of aromatic nitrogens is 1. The van der Waals surface area contributed by atoms with Crippen LogP contribution in [0.2, 0.25) is 0 Å². The lowest BCUT2D eigenvalue weighted by Gasteiger charge is -2.00. The van der Waals surface area contributed by atoms with Crippen LogP contribution in [0.3, 0.4) is 0 Å². The van der Waals surface area contributed by atoms with Crippen LogP contribution in [-0.2, 0) is 19.7 Å². The molecule has 0 saturated carbocycles. The van der Waals surface area contributed by atoms with Crippen molar-refractivity contribution in [3.8, 4) is 12.1 Å². The fraction of sp³-hybridized carbons (Fsp3) is 0.400. The van der Waals surface area contributed by atoms with Gasteiger partial charge >= 0.3 is 0 Å². The maximum absolute atomic E-state index is 12.0. The smallest absolute Gasteiger partial charge is 0.196 e. The molecule has 0 unspecified atom stereocenters. The molecule has 7 nitrogen and oxygen atoms in total.